The van der Waals surface area contributed by atoms with E-state index in [-0.39, 0.29) is 17.4 Å². The number of amides is 1. The van der Waals surface area contributed by atoms with Crippen molar-refractivity contribution in [2.24, 2.45) is 10.8 Å². The number of aliphatic carboxylic acids is 1. The monoisotopic (exact) mass is 239 g/mol. The topological polar surface area (TPSA) is 66.4 Å². The van der Waals surface area contributed by atoms with E-state index in [1.165, 1.54) is 6.42 Å². The highest BCUT2D eigenvalue weighted by atomic mass is 16.4. The highest BCUT2D eigenvalue weighted by molar-refractivity contribution is 6.04. The van der Waals surface area contributed by atoms with Crippen molar-refractivity contribution in [1.29, 1.82) is 0 Å². The fourth-order valence-corrected chi connectivity index (χ4v) is 2.81. The van der Waals surface area contributed by atoms with Gasteiger partial charge in [0.1, 0.15) is 5.41 Å². The van der Waals surface area contributed by atoms with Crippen molar-refractivity contribution in [3.8, 4) is 0 Å². The smallest absolute Gasteiger partial charge is 0.319 e. The number of carboxylic acids is 1. The van der Waals surface area contributed by atoms with Crippen molar-refractivity contribution in [3.63, 3.8) is 0 Å². The fourth-order valence-electron chi connectivity index (χ4n) is 2.81. The molecule has 0 spiro atoms. The molecule has 2 saturated carbocycles. The number of rotatable bonds is 3. The summed E-state index contributed by atoms with van der Waals surface area (Å²) in [5, 5.41) is 12.0. The van der Waals surface area contributed by atoms with Crippen LogP contribution in [-0.4, -0.2) is 23.0 Å². The average molecular weight is 239 g/mol. The molecule has 0 aromatic rings. The zero-order valence-electron chi connectivity index (χ0n) is 10.6. The molecule has 1 unspecified atom stereocenters. The second-order valence-corrected chi connectivity index (χ2v) is 6.32. The first kappa shape index (κ1) is 12.4. The highest BCUT2D eigenvalue weighted by Crippen LogP contribution is 2.46. The van der Waals surface area contributed by atoms with Gasteiger partial charge in [0.2, 0.25) is 5.91 Å². The van der Waals surface area contributed by atoms with Crippen LogP contribution in [0.5, 0.6) is 0 Å². The van der Waals surface area contributed by atoms with Gasteiger partial charge in [-0.1, -0.05) is 20.3 Å². The van der Waals surface area contributed by atoms with E-state index in [1.54, 1.807) is 0 Å². The molecular weight excluding hydrogens is 218 g/mol. The van der Waals surface area contributed by atoms with Crippen LogP contribution in [0.3, 0.4) is 0 Å². The molecule has 1 atom stereocenters. The Kier molecular flexibility index (Phi) is 2.92. The minimum absolute atomic E-state index is 0.156. The molecule has 2 aliphatic rings. The molecule has 17 heavy (non-hydrogen) atoms. The molecule has 2 N–H and O–H groups in total. The summed E-state index contributed by atoms with van der Waals surface area (Å²) in [4.78, 5) is 23.0. The molecule has 96 valence electrons. The number of hydrogen-bond donors (Lipinski definition) is 2. The number of carboxylic acid groups (broad SMARTS) is 1. The lowest BCUT2D eigenvalue weighted by atomic mass is 9.75. The lowest BCUT2D eigenvalue weighted by Gasteiger charge is -2.36. The Morgan fingerprint density at radius 1 is 1.24 bits per heavy atom. The van der Waals surface area contributed by atoms with E-state index in [0.717, 1.165) is 19.3 Å². The van der Waals surface area contributed by atoms with Gasteiger partial charge in [-0.2, -0.15) is 0 Å². The highest BCUT2D eigenvalue weighted by Gasteiger charge is 2.57. The summed E-state index contributed by atoms with van der Waals surface area (Å²) < 4.78 is 0. The standard InChI is InChI=1S/C13H21NO3/c1-12(2)5-3-4-9(8-12)14-10(15)13(6-7-13)11(16)17/h9H,3-8H2,1-2H3,(H,14,15)(H,16,17). The van der Waals surface area contributed by atoms with E-state index in [1.807, 2.05) is 0 Å². The maximum absolute atomic E-state index is 12.0. The third-order valence-electron chi connectivity index (χ3n) is 4.13. The molecule has 0 aliphatic heterocycles. The van der Waals surface area contributed by atoms with E-state index in [4.69, 9.17) is 5.11 Å². The Morgan fingerprint density at radius 3 is 2.35 bits per heavy atom. The quantitative estimate of drug-likeness (QED) is 0.740. The molecule has 0 aromatic carbocycles. The number of carbonyl (C=O) groups is 2. The molecule has 0 radical (unpaired) electrons. The number of hydrogen-bond acceptors (Lipinski definition) is 2. The van der Waals surface area contributed by atoms with Crippen molar-refractivity contribution in [3.05, 3.63) is 0 Å². The Hall–Kier alpha value is -1.06. The summed E-state index contributed by atoms with van der Waals surface area (Å²) in [6.45, 7) is 4.41. The summed E-state index contributed by atoms with van der Waals surface area (Å²) in [7, 11) is 0. The van der Waals surface area contributed by atoms with Gasteiger partial charge in [-0.05, 0) is 37.5 Å². The van der Waals surface area contributed by atoms with Crippen LogP contribution < -0.4 is 5.32 Å². The summed E-state index contributed by atoms with van der Waals surface area (Å²) in [6, 6.07) is 0.156. The fraction of sp³-hybridized carbons (Fsp3) is 0.846. The Bertz CT molecular complexity index is 345. The van der Waals surface area contributed by atoms with Gasteiger partial charge in [0.15, 0.2) is 0 Å². The van der Waals surface area contributed by atoms with Gasteiger partial charge in [0.25, 0.3) is 0 Å². The van der Waals surface area contributed by atoms with Gasteiger partial charge in [-0.25, -0.2) is 0 Å². The van der Waals surface area contributed by atoms with E-state index < -0.39 is 11.4 Å². The van der Waals surface area contributed by atoms with Crippen LogP contribution in [0, 0.1) is 10.8 Å². The van der Waals surface area contributed by atoms with Crippen LogP contribution >= 0.6 is 0 Å². The number of carbonyl (C=O) groups excluding carboxylic acids is 1. The van der Waals surface area contributed by atoms with Crippen LogP contribution in [0.2, 0.25) is 0 Å². The molecule has 2 aliphatic carbocycles. The van der Waals surface area contributed by atoms with Crippen molar-refractivity contribution in [1.82, 2.24) is 5.32 Å². The second kappa shape index (κ2) is 4.00. The van der Waals surface area contributed by atoms with Gasteiger partial charge in [0.05, 0.1) is 0 Å². The third-order valence-corrected chi connectivity index (χ3v) is 4.13. The maximum Gasteiger partial charge on any atom is 0.319 e. The molecule has 0 saturated heterocycles. The minimum atomic E-state index is -1.10. The Balaban J connectivity index is 1.93. The Morgan fingerprint density at radius 2 is 1.88 bits per heavy atom. The predicted octanol–water partition coefficient (Wildman–Crippen LogP) is 1.94. The second-order valence-electron chi connectivity index (χ2n) is 6.32. The minimum Gasteiger partial charge on any atom is -0.480 e. The molecule has 0 bridgehead atoms. The summed E-state index contributed by atoms with van der Waals surface area (Å²) in [5.74, 6) is -1.24. The van der Waals surface area contributed by atoms with Gasteiger partial charge >= 0.3 is 5.97 Å². The number of nitrogens with one attached hydrogen (secondary N) is 1. The first-order valence-electron chi connectivity index (χ1n) is 6.40. The molecule has 2 rings (SSSR count). The molecule has 4 nitrogen and oxygen atoms in total. The summed E-state index contributed by atoms with van der Waals surface area (Å²) >= 11 is 0. The van der Waals surface area contributed by atoms with E-state index >= 15 is 0 Å². The zero-order chi connectivity index (χ0) is 12.7. The SMILES string of the molecule is CC1(C)CCCC(NC(=O)C2(C(=O)O)CC2)C1. The van der Waals surface area contributed by atoms with Gasteiger partial charge < -0.3 is 10.4 Å². The molecule has 1 amide bonds. The average Bonchev–Trinajstić information content (AvgIpc) is 2.95. The molecule has 4 heteroatoms. The first-order valence-corrected chi connectivity index (χ1v) is 6.40. The maximum atomic E-state index is 12.0. The van der Waals surface area contributed by atoms with Gasteiger partial charge in [0, 0.05) is 6.04 Å². The van der Waals surface area contributed by atoms with E-state index in [9.17, 15) is 9.59 Å². The molecule has 2 fully saturated rings. The van der Waals surface area contributed by atoms with Crippen LogP contribution in [0.25, 0.3) is 0 Å². The van der Waals surface area contributed by atoms with Gasteiger partial charge in [-0.3, -0.25) is 9.59 Å². The summed E-state index contributed by atoms with van der Waals surface area (Å²) in [6.07, 6.45) is 5.20. The first-order chi connectivity index (χ1) is 7.86. The largest absolute Gasteiger partial charge is 0.480 e. The van der Waals surface area contributed by atoms with Crippen molar-refractivity contribution < 1.29 is 14.7 Å². The predicted molar refractivity (Wildman–Crippen MR) is 63.5 cm³/mol. The van der Waals surface area contributed by atoms with Crippen molar-refractivity contribution in [2.75, 3.05) is 0 Å². The van der Waals surface area contributed by atoms with Crippen LogP contribution in [0.15, 0.2) is 0 Å². The Labute approximate surface area is 102 Å². The molecular formula is C13H21NO3. The normalized spacial score (nSPS) is 29.4. The lowest BCUT2D eigenvalue weighted by Crippen LogP contribution is -2.45. The van der Waals surface area contributed by atoms with Gasteiger partial charge in [-0.15, -0.1) is 0 Å². The molecule has 0 aromatic heterocycles. The van der Waals surface area contributed by atoms with Crippen molar-refractivity contribution >= 4 is 11.9 Å². The molecule has 0 heterocycles. The van der Waals surface area contributed by atoms with Crippen molar-refractivity contribution in [2.45, 2.75) is 58.4 Å². The van der Waals surface area contributed by atoms with E-state index in [0.29, 0.717) is 12.8 Å². The lowest BCUT2D eigenvalue weighted by molar-refractivity contribution is -0.149. The zero-order valence-corrected chi connectivity index (χ0v) is 10.6. The third kappa shape index (κ3) is 2.45. The van der Waals surface area contributed by atoms with E-state index in [2.05, 4.69) is 19.2 Å². The summed E-state index contributed by atoms with van der Waals surface area (Å²) in [5.41, 5.74) is -0.836. The van der Waals surface area contributed by atoms with Crippen LogP contribution in [0.4, 0.5) is 0 Å². The van der Waals surface area contributed by atoms with Crippen LogP contribution in [0.1, 0.15) is 52.4 Å². The van der Waals surface area contributed by atoms with Crippen LogP contribution in [-0.2, 0) is 9.59 Å².